The first-order chi connectivity index (χ1) is 5.56. The van der Waals surface area contributed by atoms with Crippen LogP contribution >= 0.6 is 0 Å². The maximum atomic E-state index is 13.6. The van der Waals surface area contributed by atoms with Gasteiger partial charge in [-0.3, -0.25) is 4.79 Å². The topological polar surface area (TPSA) is 49.3 Å². The second-order valence-corrected chi connectivity index (χ2v) is 4.02. The first-order valence-corrected chi connectivity index (χ1v) is 4.20. The molecule has 12 heavy (non-hydrogen) atoms. The molecule has 68 valence electrons. The summed E-state index contributed by atoms with van der Waals surface area (Å²) < 4.78 is 13.6. The Kier molecular flexibility index (Phi) is 1.46. The summed E-state index contributed by atoms with van der Waals surface area (Å²) in [4.78, 5) is 10.9. The standard InChI is InChI=1S/C8H12FNO2/c9-8-2-1-7(3-8,6(11)12)4-10-5-8/h10H,1-5H2,(H,11,12). The third kappa shape index (κ3) is 0.941. The van der Waals surface area contributed by atoms with Crippen molar-refractivity contribution in [1.29, 1.82) is 0 Å². The Morgan fingerprint density at radius 1 is 1.42 bits per heavy atom. The molecule has 2 fully saturated rings. The van der Waals surface area contributed by atoms with Crippen LogP contribution in [0.4, 0.5) is 4.39 Å². The monoisotopic (exact) mass is 173 g/mol. The van der Waals surface area contributed by atoms with Gasteiger partial charge in [-0.2, -0.15) is 0 Å². The fourth-order valence-corrected chi connectivity index (χ4v) is 2.33. The Morgan fingerprint density at radius 3 is 2.75 bits per heavy atom. The van der Waals surface area contributed by atoms with Crippen LogP contribution in [-0.4, -0.2) is 29.8 Å². The molecule has 2 unspecified atom stereocenters. The van der Waals surface area contributed by atoms with Gasteiger partial charge in [-0.05, 0) is 19.3 Å². The predicted octanol–water partition coefficient (Wildman–Crippen LogP) is 0.553. The highest BCUT2D eigenvalue weighted by atomic mass is 19.1. The first kappa shape index (κ1) is 7.98. The number of aliphatic carboxylic acids is 1. The van der Waals surface area contributed by atoms with Crippen LogP contribution in [-0.2, 0) is 4.79 Å². The molecule has 2 aliphatic rings. The van der Waals surface area contributed by atoms with Crippen molar-refractivity contribution in [2.24, 2.45) is 5.41 Å². The van der Waals surface area contributed by atoms with Gasteiger partial charge in [0.1, 0.15) is 5.67 Å². The van der Waals surface area contributed by atoms with E-state index in [-0.39, 0.29) is 6.42 Å². The van der Waals surface area contributed by atoms with Crippen LogP contribution < -0.4 is 5.32 Å². The number of hydrogen-bond acceptors (Lipinski definition) is 2. The second-order valence-electron chi connectivity index (χ2n) is 4.02. The number of alkyl halides is 1. The maximum Gasteiger partial charge on any atom is 0.311 e. The number of carbonyl (C=O) groups is 1. The summed E-state index contributed by atoms with van der Waals surface area (Å²) in [6.07, 6.45) is 1.07. The van der Waals surface area contributed by atoms with E-state index in [4.69, 9.17) is 5.11 Å². The third-order valence-corrected chi connectivity index (χ3v) is 3.07. The minimum Gasteiger partial charge on any atom is -0.481 e. The van der Waals surface area contributed by atoms with E-state index in [1.54, 1.807) is 0 Å². The van der Waals surface area contributed by atoms with Gasteiger partial charge in [0.25, 0.3) is 0 Å². The molecule has 0 aromatic rings. The van der Waals surface area contributed by atoms with Gasteiger partial charge >= 0.3 is 5.97 Å². The molecular weight excluding hydrogens is 161 g/mol. The van der Waals surface area contributed by atoms with Gasteiger partial charge in [0, 0.05) is 13.1 Å². The number of carboxylic acids is 1. The minimum absolute atomic E-state index is 0.197. The summed E-state index contributed by atoms with van der Waals surface area (Å²) in [6, 6.07) is 0. The van der Waals surface area contributed by atoms with E-state index in [9.17, 15) is 9.18 Å². The van der Waals surface area contributed by atoms with Crippen LogP contribution in [0.15, 0.2) is 0 Å². The van der Waals surface area contributed by atoms with Gasteiger partial charge in [-0.1, -0.05) is 0 Å². The van der Waals surface area contributed by atoms with Gasteiger partial charge in [0.15, 0.2) is 0 Å². The van der Waals surface area contributed by atoms with Crippen molar-refractivity contribution in [3.05, 3.63) is 0 Å². The summed E-state index contributed by atoms with van der Waals surface area (Å²) in [6.45, 7) is 0.746. The van der Waals surface area contributed by atoms with E-state index in [1.165, 1.54) is 0 Å². The van der Waals surface area contributed by atoms with Crippen LogP contribution in [0.3, 0.4) is 0 Å². The second kappa shape index (κ2) is 2.19. The summed E-state index contributed by atoms with van der Waals surface area (Å²) in [5.41, 5.74) is -2.07. The van der Waals surface area contributed by atoms with Crippen molar-refractivity contribution in [3.63, 3.8) is 0 Å². The highest BCUT2D eigenvalue weighted by Gasteiger charge is 2.55. The number of nitrogens with one attached hydrogen (secondary N) is 1. The zero-order chi connectivity index (χ0) is 8.82. The summed E-state index contributed by atoms with van der Waals surface area (Å²) in [5.74, 6) is -0.853. The van der Waals surface area contributed by atoms with Crippen LogP contribution in [0, 0.1) is 5.41 Å². The molecular formula is C8H12FNO2. The highest BCUT2D eigenvalue weighted by molar-refractivity contribution is 5.76. The number of hydrogen-bond donors (Lipinski definition) is 2. The van der Waals surface area contributed by atoms with Gasteiger partial charge in [-0.15, -0.1) is 0 Å². The molecule has 0 spiro atoms. The first-order valence-electron chi connectivity index (χ1n) is 4.20. The molecule has 2 N–H and O–H groups in total. The van der Waals surface area contributed by atoms with Crippen molar-refractivity contribution in [2.75, 3.05) is 13.1 Å². The van der Waals surface area contributed by atoms with E-state index in [0.717, 1.165) is 0 Å². The van der Waals surface area contributed by atoms with Crippen LogP contribution in [0.2, 0.25) is 0 Å². The number of halogens is 1. The number of fused-ring (bicyclic) bond motifs is 2. The molecule has 0 amide bonds. The van der Waals surface area contributed by atoms with Crippen molar-refractivity contribution in [1.82, 2.24) is 5.32 Å². The summed E-state index contributed by atoms with van der Waals surface area (Å²) in [7, 11) is 0. The van der Waals surface area contributed by atoms with E-state index in [2.05, 4.69) is 5.32 Å². The lowest BCUT2D eigenvalue weighted by Crippen LogP contribution is -2.49. The molecule has 0 aromatic carbocycles. The zero-order valence-electron chi connectivity index (χ0n) is 6.77. The third-order valence-electron chi connectivity index (χ3n) is 3.07. The lowest BCUT2D eigenvalue weighted by atomic mass is 9.82. The molecule has 2 rings (SSSR count). The fourth-order valence-electron chi connectivity index (χ4n) is 2.33. The van der Waals surface area contributed by atoms with Crippen LogP contribution in [0.1, 0.15) is 19.3 Å². The predicted molar refractivity (Wildman–Crippen MR) is 40.6 cm³/mol. The minimum atomic E-state index is -1.25. The summed E-state index contributed by atoms with van der Waals surface area (Å²) in [5, 5.41) is 11.8. The Balaban J connectivity index is 2.25. The molecule has 1 aliphatic carbocycles. The lowest BCUT2D eigenvalue weighted by molar-refractivity contribution is -0.150. The lowest BCUT2D eigenvalue weighted by Gasteiger charge is -2.32. The van der Waals surface area contributed by atoms with E-state index in [0.29, 0.717) is 25.9 Å². The molecule has 2 atom stereocenters. The number of rotatable bonds is 1. The van der Waals surface area contributed by atoms with Crippen molar-refractivity contribution < 1.29 is 14.3 Å². The average molecular weight is 173 g/mol. The van der Waals surface area contributed by atoms with Crippen molar-refractivity contribution >= 4 is 5.97 Å². The quantitative estimate of drug-likeness (QED) is 0.609. The molecule has 0 aromatic heterocycles. The van der Waals surface area contributed by atoms with Crippen LogP contribution in [0.25, 0.3) is 0 Å². The van der Waals surface area contributed by atoms with Crippen LogP contribution in [0.5, 0.6) is 0 Å². The molecule has 4 heteroatoms. The normalized spacial score (nSPS) is 46.1. The van der Waals surface area contributed by atoms with E-state index >= 15 is 0 Å². The molecule has 2 bridgehead atoms. The Bertz CT molecular complexity index is 233. The van der Waals surface area contributed by atoms with Gasteiger partial charge in [0.2, 0.25) is 0 Å². The van der Waals surface area contributed by atoms with Crippen molar-refractivity contribution in [2.45, 2.75) is 24.9 Å². The SMILES string of the molecule is O=C(O)C12CCC(F)(CNC1)C2. The largest absolute Gasteiger partial charge is 0.481 e. The summed E-state index contributed by atoms with van der Waals surface area (Å²) >= 11 is 0. The molecule has 1 saturated carbocycles. The average Bonchev–Trinajstić information content (AvgIpc) is 2.24. The molecule has 0 radical (unpaired) electrons. The molecule has 1 saturated heterocycles. The Hall–Kier alpha value is -0.640. The maximum absolute atomic E-state index is 13.6. The zero-order valence-corrected chi connectivity index (χ0v) is 6.77. The van der Waals surface area contributed by atoms with Gasteiger partial charge in [-0.25, -0.2) is 4.39 Å². The molecule has 1 aliphatic heterocycles. The molecule has 3 nitrogen and oxygen atoms in total. The number of piperidine rings is 1. The van der Waals surface area contributed by atoms with Crippen molar-refractivity contribution in [3.8, 4) is 0 Å². The van der Waals surface area contributed by atoms with E-state index in [1.807, 2.05) is 0 Å². The Morgan fingerprint density at radius 2 is 2.17 bits per heavy atom. The number of carboxylic acid groups (broad SMARTS) is 1. The Labute approximate surface area is 70.0 Å². The highest BCUT2D eigenvalue weighted by Crippen LogP contribution is 2.48. The molecule has 1 heterocycles. The van der Waals surface area contributed by atoms with Gasteiger partial charge in [0.05, 0.1) is 5.41 Å². The van der Waals surface area contributed by atoms with Gasteiger partial charge < -0.3 is 10.4 Å². The van der Waals surface area contributed by atoms with E-state index < -0.39 is 17.1 Å². The fraction of sp³-hybridized carbons (Fsp3) is 0.875. The smallest absolute Gasteiger partial charge is 0.311 e.